The van der Waals surface area contributed by atoms with Gasteiger partial charge < -0.3 is 15.7 Å². The summed E-state index contributed by atoms with van der Waals surface area (Å²) in [6.45, 7) is 1.10. The first kappa shape index (κ1) is 8.96. The number of hydrogen-bond donors (Lipinski definition) is 2. The lowest BCUT2D eigenvalue weighted by Crippen LogP contribution is -2.51. The van der Waals surface area contributed by atoms with Crippen molar-refractivity contribution in [2.45, 2.75) is 6.10 Å². The Morgan fingerprint density at radius 3 is 3.00 bits per heavy atom. The number of aliphatic hydroxyl groups excluding tert-OH is 1. The van der Waals surface area contributed by atoms with Gasteiger partial charge in [0, 0.05) is 19.2 Å². The van der Waals surface area contributed by atoms with Crippen molar-refractivity contribution in [2.75, 3.05) is 18.0 Å². The summed E-state index contributed by atoms with van der Waals surface area (Å²) in [5, 5.41) is 9.09. The number of pyridine rings is 1. The molecule has 0 atom stereocenters. The van der Waals surface area contributed by atoms with Crippen molar-refractivity contribution in [1.29, 1.82) is 0 Å². The van der Waals surface area contributed by atoms with Gasteiger partial charge in [-0.2, -0.15) is 0 Å². The molecule has 0 unspecified atom stereocenters. The van der Waals surface area contributed by atoms with Crippen molar-refractivity contribution in [1.82, 2.24) is 4.98 Å². The SMILES string of the molecule is NC(=O)c1[c]ccc(N2CC(O)C2)n1. The molecular formula is C9H10N3O2. The number of β-amino-alcohol motifs (C(OH)–C–C–N with tert-alkyl or cyclic N) is 1. The third kappa shape index (κ3) is 1.54. The van der Waals surface area contributed by atoms with E-state index in [1.54, 1.807) is 12.1 Å². The molecule has 0 saturated carbocycles. The summed E-state index contributed by atoms with van der Waals surface area (Å²) in [5.41, 5.74) is 5.20. The number of anilines is 1. The van der Waals surface area contributed by atoms with E-state index in [0.717, 1.165) is 0 Å². The Hall–Kier alpha value is -1.62. The molecule has 1 fully saturated rings. The summed E-state index contributed by atoms with van der Waals surface area (Å²) in [6, 6.07) is 5.99. The topological polar surface area (TPSA) is 79.5 Å². The second kappa shape index (κ2) is 3.26. The molecule has 1 aliphatic rings. The van der Waals surface area contributed by atoms with Crippen molar-refractivity contribution in [3.05, 3.63) is 23.9 Å². The molecule has 0 spiro atoms. The number of amides is 1. The molecule has 3 N–H and O–H groups in total. The first-order valence-electron chi connectivity index (χ1n) is 4.28. The van der Waals surface area contributed by atoms with Crippen LogP contribution in [-0.2, 0) is 0 Å². The number of nitrogens with zero attached hydrogens (tertiary/aromatic N) is 2. The minimum absolute atomic E-state index is 0.129. The van der Waals surface area contributed by atoms with E-state index in [-0.39, 0.29) is 11.8 Å². The molecule has 1 aromatic heterocycles. The maximum atomic E-state index is 10.8. The number of primary amides is 1. The van der Waals surface area contributed by atoms with E-state index in [0.29, 0.717) is 18.9 Å². The van der Waals surface area contributed by atoms with Crippen LogP contribution < -0.4 is 10.6 Å². The van der Waals surface area contributed by atoms with Crippen LogP contribution >= 0.6 is 0 Å². The summed E-state index contributed by atoms with van der Waals surface area (Å²) in [6.07, 6.45) is -0.294. The number of hydrogen-bond acceptors (Lipinski definition) is 4. The lowest BCUT2D eigenvalue weighted by atomic mass is 10.1. The minimum Gasteiger partial charge on any atom is -0.389 e. The van der Waals surface area contributed by atoms with Crippen LogP contribution in [0.15, 0.2) is 12.1 Å². The van der Waals surface area contributed by atoms with Crippen LogP contribution in [0.3, 0.4) is 0 Å². The van der Waals surface area contributed by atoms with Crippen molar-refractivity contribution in [3.8, 4) is 0 Å². The molecule has 0 aliphatic carbocycles. The highest BCUT2D eigenvalue weighted by Gasteiger charge is 2.25. The first-order chi connectivity index (χ1) is 6.66. The van der Waals surface area contributed by atoms with E-state index >= 15 is 0 Å². The smallest absolute Gasteiger partial charge is 0.268 e. The standard InChI is InChI=1S/C9H10N3O2/c10-9(14)7-2-1-3-8(11-7)12-4-6(13)5-12/h1,3,6,13H,4-5H2,(H2,10,14). The van der Waals surface area contributed by atoms with E-state index in [1.807, 2.05) is 4.90 Å². The highest BCUT2D eigenvalue weighted by atomic mass is 16.3. The minimum atomic E-state index is -0.590. The van der Waals surface area contributed by atoms with E-state index in [1.165, 1.54) is 0 Å². The quantitative estimate of drug-likeness (QED) is 0.640. The fourth-order valence-electron chi connectivity index (χ4n) is 1.32. The van der Waals surface area contributed by atoms with Gasteiger partial charge in [-0.05, 0) is 12.1 Å². The monoisotopic (exact) mass is 192 g/mol. The normalized spacial score (nSPS) is 16.5. The van der Waals surface area contributed by atoms with Gasteiger partial charge in [-0.1, -0.05) is 0 Å². The van der Waals surface area contributed by atoms with E-state index in [4.69, 9.17) is 10.8 Å². The third-order valence-electron chi connectivity index (χ3n) is 2.10. The molecule has 5 nitrogen and oxygen atoms in total. The lowest BCUT2D eigenvalue weighted by molar-refractivity contribution is 0.0995. The average molecular weight is 192 g/mol. The molecule has 2 rings (SSSR count). The maximum absolute atomic E-state index is 10.8. The summed E-state index contributed by atoms with van der Waals surface area (Å²) >= 11 is 0. The zero-order valence-electron chi connectivity index (χ0n) is 7.47. The van der Waals surface area contributed by atoms with Crippen LogP contribution in [0.25, 0.3) is 0 Å². The molecule has 1 aliphatic heterocycles. The summed E-state index contributed by atoms with van der Waals surface area (Å²) in [5.74, 6) is 0.0655. The van der Waals surface area contributed by atoms with Crippen LogP contribution in [0.5, 0.6) is 0 Å². The second-order valence-electron chi connectivity index (χ2n) is 3.22. The highest BCUT2D eigenvalue weighted by molar-refractivity contribution is 5.90. The Kier molecular flexibility index (Phi) is 2.09. The first-order valence-corrected chi connectivity index (χ1v) is 4.28. The lowest BCUT2D eigenvalue weighted by Gasteiger charge is -2.36. The Labute approximate surface area is 81.2 Å². The molecule has 1 aromatic rings. The number of aromatic nitrogens is 1. The predicted molar refractivity (Wildman–Crippen MR) is 49.8 cm³/mol. The number of carbonyl (C=O) groups is 1. The summed E-state index contributed by atoms with van der Waals surface area (Å²) < 4.78 is 0. The fraction of sp³-hybridized carbons (Fsp3) is 0.333. The molecule has 1 saturated heterocycles. The van der Waals surface area contributed by atoms with Gasteiger partial charge in [0.2, 0.25) is 0 Å². The molecule has 0 bridgehead atoms. The van der Waals surface area contributed by atoms with E-state index < -0.39 is 5.91 Å². The third-order valence-corrected chi connectivity index (χ3v) is 2.10. The average Bonchev–Trinajstić information content (AvgIpc) is 2.13. The van der Waals surface area contributed by atoms with Crippen LogP contribution in [-0.4, -0.2) is 35.2 Å². The van der Waals surface area contributed by atoms with E-state index in [9.17, 15) is 4.79 Å². The van der Waals surface area contributed by atoms with Gasteiger partial charge in [0.15, 0.2) is 0 Å². The van der Waals surface area contributed by atoms with Gasteiger partial charge in [0.1, 0.15) is 11.5 Å². The highest BCUT2D eigenvalue weighted by Crippen LogP contribution is 2.17. The van der Waals surface area contributed by atoms with Crippen molar-refractivity contribution in [3.63, 3.8) is 0 Å². The van der Waals surface area contributed by atoms with Gasteiger partial charge in [-0.15, -0.1) is 0 Å². The Balaban J connectivity index is 2.18. The van der Waals surface area contributed by atoms with Crippen molar-refractivity contribution < 1.29 is 9.90 Å². The maximum Gasteiger partial charge on any atom is 0.268 e. The summed E-state index contributed by atoms with van der Waals surface area (Å²) in [7, 11) is 0. The van der Waals surface area contributed by atoms with Crippen LogP contribution in [0, 0.1) is 6.07 Å². The Morgan fingerprint density at radius 1 is 1.71 bits per heavy atom. The van der Waals surface area contributed by atoms with Gasteiger partial charge in [-0.25, -0.2) is 4.98 Å². The van der Waals surface area contributed by atoms with Gasteiger partial charge >= 0.3 is 0 Å². The van der Waals surface area contributed by atoms with Gasteiger partial charge in [0.05, 0.1) is 6.10 Å². The van der Waals surface area contributed by atoms with Crippen LogP contribution in [0.1, 0.15) is 10.5 Å². The molecule has 2 heterocycles. The number of nitrogens with two attached hydrogens (primary N) is 1. The molecular weight excluding hydrogens is 182 g/mol. The largest absolute Gasteiger partial charge is 0.389 e. The zero-order valence-corrected chi connectivity index (χ0v) is 7.47. The molecule has 14 heavy (non-hydrogen) atoms. The molecule has 5 heteroatoms. The van der Waals surface area contributed by atoms with Crippen LogP contribution in [0.4, 0.5) is 5.82 Å². The predicted octanol–water partition coefficient (Wildman–Crippen LogP) is -0.838. The number of aliphatic hydroxyl groups is 1. The number of rotatable bonds is 2. The van der Waals surface area contributed by atoms with Crippen LogP contribution in [0.2, 0.25) is 0 Å². The molecule has 1 amide bonds. The Bertz CT molecular complexity index is 361. The second-order valence-corrected chi connectivity index (χ2v) is 3.22. The summed E-state index contributed by atoms with van der Waals surface area (Å²) in [4.78, 5) is 16.7. The Morgan fingerprint density at radius 2 is 2.43 bits per heavy atom. The fourth-order valence-corrected chi connectivity index (χ4v) is 1.32. The number of carbonyl (C=O) groups excluding carboxylic acids is 1. The van der Waals surface area contributed by atoms with Gasteiger partial charge in [-0.3, -0.25) is 4.79 Å². The van der Waals surface area contributed by atoms with E-state index in [2.05, 4.69) is 11.1 Å². The zero-order chi connectivity index (χ0) is 10.1. The van der Waals surface area contributed by atoms with Crippen molar-refractivity contribution >= 4 is 11.7 Å². The molecule has 0 aromatic carbocycles. The van der Waals surface area contributed by atoms with Gasteiger partial charge in [0.25, 0.3) is 5.91 Å². The van der Waals surface area contributed by atoms with Crippen molar-refractivity contribution in [2.24, 2.45) is 5.73 Å². The molecule has 73 valence electrons. The molecule has 1 radical (unpaired) electrons.